The fraction of sp³-hybridized carbons (Fsp3) is 0.357. The molecule has 2 aromatic rings. The number of hydrogen-bond acceptors (Lipinski definition) is 2. The molecule has 1 N–H and O–H groups in total. The standard InChI is InChI=1S/C14H15BrN2O/c15-11-6-2-1-5-10(11)14-12(9-18)17-8-4-3-7-13(17)16-14/h1-2,5-6,18H,3-4,7-9H2. The minimum Gasteiger partial charge on any atom is -0.390 e. The van der Waals surface area contributed by atoms with E-state index in [0.29, 0.717) is 0 Å². The van der Waals surface area contributed by atoms with Gasteiger partial charge >= 0.3 is 0 Å². The summed E-state index contributed by atoms with van der Waals surface area (Å²) in [6, 6.07) is 8.04. The van der Waals surface area contributed by atoms with E-state index in [0.717, 1.165) is 40.2 Å². The number of aliphatic hydroxyl groups is 1. The quantitative estimate of drug-likeness (QED) is 0.925. The number of aryl methyl sites for hydroxylation is 1. The molecule has 1 aliphatic heterocycles. The van der Waals surface area contributed by atoms with E-state index in [-0.39, 0.29) is 6.61 Å². The van der Waals surface area contributed by atoms with Crippen LogP contribution in [0.15, 0.2) is 28.7 Å². The summed E-state index contributed by atoms with van der Waals surface area (Å²) >= 11 is 3.56. The fourth-order valence-electron chi connectivity index (χ4n) is 2.57. The molecule has 0 fully saturated rings. The van der Waals surface area contributed by atoms with Crippen molar-refractivity contribution in [1.82, 2.24) is 9.55 Å². The topological polar surface area (TPSA) is 38.1 Å². The lowest BCUT2D eigenvalue weighted by molar-refractivity contribution is 0.268. The summed E-state index contributed by atoms with van der Waals surface area (Å²) in [5.74, 6) is 1.11. The highest BCUT2D eigenvalue weighted by Gasteiger charge is 2.20. The number of halogens is 1. The van der Waals surface area contributed by atoms with E-state index in [2.05, 4.69) is 20.5 Å². The van der Waals surface area contributed by atoms with Gasteiger partial charge in [-0.3, -0.25) is 0 Å². The average molecular weight is 307 g/mol. The first-order valence-corrected chi connectivity index (χ1v) is 7.04. The van der Waals surface area contributed by atoms with E-state index in [1.54, 1.807) is 0 Å². The van der Waals surface area contributed by atoms with E-state index >= 15 is 0 Å². The van der Waals surface area contributed by atoms with Crippen LogP contribution in [0.3, 0.4) is 0 Å². The van der Waals surface area contributed by atoms with Crippen LogP contribution in [0.1, 0.15) is 24.4 Å². The van der Waals surface area contributed by atoms with Gasteiger partial charge in [0.2, 0.25) is 0 Å². The Morgan fingerprint density at radius 1 is 1.28 bits per heavy atom. The van der Waals surface area contributed by atoms with Crippen molar-refractivity contribution in [3.63, 3.8) is 0 Å². The first-order valence-electron chi connectivity index (χ1n) is 6.25. The van der Waals surface area contributed by atoms with Crippen LogP contribution in [0.4, 0.5) is 0 Å². The molecule has 4 heteroatoms. The maximum Gasteiger partial charge on any atom is 0.109 e. The Hall–Kier alpha value is -1.13. The number of imidazole rings is 1. The van der Waals surface area contributed by atoms with Gasteiger partial charge in [0.1, 0.15) is 5.82 Å². The molecule has 3 nitrogen and oxygen atoms in total. The van der Waals surface area contributed by atoms with Crippen LogP contribution < -0.4 is 0 Å². The zero-order valence-electron chi connectivity index (χ0n) is 10.1. The molecule has 1 aliphatic rings. The summed E-state index contributed by atoms with van der Waals surface area (Å²) in [4.78, 5) is 4.73. The highest BCUT2D eigenvalue weighted by molar-refractivity contribution is 9.10. The van der Waals surface area contributed by atoms with Gasteiger partial charge in [0.05, 0.1) is 18.0 Å². The minimum absolute atomic E-state index is 0.0453. The minimum atomic E-state index is 0.0453. The van der Waals surface area contributed by atoms with Crippen molar-refractivity contribution < 1.29 is 5.11 Å². The molecule has 1 aromatic heterocycles. The van der Waals surface area contributed by atoms with Crippen LogP contribution in [0, 0.1) is 0 Å². The highest BCUT2D eigenvalue weighted by Crippen LogP contribution is 2.32. The molecule has 0 atom stereocenters. The third kappa shape index (κ3) is 1.89. The number of aliphatic hydroxyl groups excluding tert-OH is 1. The maximum absolute atomic E-state index is 9.64. The number of nitrogens with zero attached hydrogens (tertiary/aromatic N) is 2. The van der Waals surface area contributed by atoms with Gasteiger partial charge in [-0.15, -0.1) is 0 Å². The first-order chi connectivity index (χ1) is 8.81. The van der Waals surface area contributed by atoms with Crippen molar-refractivity contribution in [2.75, 3.05) is 0 Å². The summed E-state index contributed by atoms with van der Waals surface area (Å²) in [6.45, 7) is 1.02. The molecule has 3 rings (SSSR count). The summed E-state index contributed by atoms with van der Waals surface area (Å²) in [5.41, 5.74) is 2.92. The number of aromatic nitrogens is 2. The van der Waals surface area contributed by atoms with E-state index < -0.39 is 0 Å². The third-order valence-electron chi connectivity index (χ3n) is 3.46. The van der Waals surface area contributed by atoms with Gasteiger partial charge in [-0.25, -0.2) is 4.98 Å². The number of benzene rings is 1. The van der Waals surface area contributed by atoms with E-state index in [9.17, 15) is 5.11 Å². The zero-order valence-corrected chi connectivity index (χ0v) is 11.7. The third-order valence-corrected chi connectivity index (χ3v) is 4.15. The van der Waals surface area contributed by atoms with Gasteiger partial charge < -0.3 is 9.67 Å². The fourth-order valence-corrected chi connectivity index (χ4v) is 3.05. The van der Waals surface area contributed by atoms with E-state index in [1.165, 1.54) is 12.8 Å². The molecule has 0 spiro atoms. The predicted octanol–water partition coefficient (Wildman–Crippen LogP) is 3.14. The monoisotopic (exact) mass is 306 g/mol. The van der Waals surface area contributed by atoms with E-state index in [1.807, 2.05) is 24.3 Å². The predicted molar refractivity (Wildman–Crippen MR) is 74.2 cm³/mol. The molecule has 0 radical (unpaired) electrons. The first kappa shape index (κ1) is 11.9. The summed E-state index contributed by atoms with van der Waals surface area (Å²) < 4.78 is 3.20. The SMILES string of the molecule is OCc1c(-c2ccccc2Br)nc2n1CCCC2. The van der Waals surface area contributed by atoms with Crippen LogP contribution in [0.25, 0.3) is 11.3 Å². The van der Waals surface area contributed by atoms with E-state index in [4.69, 9.17) is 4.98 Å². The van der Waals surface area contributed by atoms with Gasteiger partial charge in [-0.05, 0) is 18.9 Å². The Balaban J connectivity index is 2.18. The Kier molecular flexibility index (Phi) is 3.22. The zero-order chi connectivity index (χ0) is 12.5. The van der Waals surface area contributed by atoms with Gasteiger partial charge in [-0.1, -0.05) is 34.1 Å². The van der Waals surface area contributed by atoms with Gasteiger partial charge in [0.25, 0.3) is 0 Å². The van der Waals surface area contributed by atoms with Gasteiger partial charge in [-0.2, -0.15) is 0 Å². The molecule has 0 bridgehead atoms. The molecule has 0 aliphatic carbocycles. The van der Waals surface area contributed by atoms with Crippen molar-refractivity contribution in [2.24, 2.45) is 0 Å². The second-order valence-electron chi connectivity index (χ2n) is 4.57. The second kappa shape index (κ2) is 4.86. The lowest BCUT2D eigenvalue weighted by atomic mass is 10.1. The average Bonchev–Trinajstić information content (AvgIpc) is 2.77. The molecule has 0 saturated carbocycles. The molecule has 1 aromatic carbocycles. The smallest absolute Gasteiger partial charge is 0.109 e. The molecule has 0 unspecified atom stereocenters. The Morgan fingerprint density at radius 2 is 2.11 bits per heavy atom. The van der Waals surface area contributed by atoms with Crippen LogP contribution in [0.2, 0.25) is 0 Å². The number of hydrogen-bond donors (Lipinski definition) is 1. The second-order valence-corrected chi connectivity index (χ2v) is 5.42. The van der Waals surface area contributed by atoms with Crippen molar-refractivity contribution in [3.05, 3.63) is 40.3 Å². The Labute approximate surface area is 115 Å². The van der Waals surface area contributed by atoms with Crippen LogP contribution in [0.5, 0.6) is 0 Å². The van der Waals surface area contributed by atoms with Crippen molar-refractivity contribution >= 4 is 15.9 Å². The van der Waals surface area contributed by atoms with Crippen LogP contribution in [-0.4, -0.2) is 14.7 Å². The lowest BCUT2D eigenvalue weighted by Crippen LogP contribution is -2.13. The largest absolute Gasteiger partial charge is 0.390 e. The maximum atomic E-state index is 9.64. The summed E-state index contributed by atoms with van der Waals surface area (Å²) in [5, 5.41) is 9.64. The highest BCUT2D eigenvalue weighted by atomic mass is 79.9. The lowest BCUT2D eigenvalue weighted by Gasteiger charge is -2.15. The van der Waals surface area contributed by atoms with Crippen molar-refractivity contribution in [2.45, 2.75) is 32.4 Å². The van der Waals surface area contributed by atoms with Crippen molar-refractivity contribution in [3.8, 4) is 11.3 Å². The Bertz CT molecular complexity index is 577. The molecule has 0 amide bonds. The normalized spacial score (nSPS) is 14.6. The number of rotatable bonds is 2. The Morgan fingerprint density at radius 3 is 2.89 bits per heavy atom. The molecule has 2 heterocycles. The number of fused-ring (bicyclic) bond motifs is 1. The summed E-state index contributed by atoms with van der Waals surface area (Å²) in [7, 11) is 0. The molecule has 94 valence electrons. The molecule has 0 saturated heterocycles. The van der Waals surface area contributed by atoms with Gasteiger partial charge in [0, 0.05) is 23.0 Å². The summed E-state index contributed by atoms with van der Waals surface area (Å²) in [6.07, 6.45) is 3.38. The van der Waals surface area contributed by atoms with Gasteiger partial charge in [0.15, 0.2) is 0 Å². The van der Waals surface area contributed by atoms with Crippen LogP contribution >= 0.6 is 15.9 Å². The van der Waals surface area contributed by atoms with Crippen molar-refractivity contribution in [1.29, 1.82) is 0 Å². The molecule has 18 heavy (non-hydrogen) atoms. The molecular formula is C14H15BrN2O. The van der Waals surface area contributed by atoms with Crippen LogP contribution in [-0.2, 0) is 19.6 Å². The molecular weight excluding hydrogens is 292 g/mol.